The highest BCUT2D eigenvalue weighted by Crippen LogP contribution is 2.69. The maximum Gasteiger partial charge on any atom is 0.118 e. The lowest BCUT2D eigenvalue weighted by Gasteiger charge is -2.68. The van der Waals surface area contributed by atoms with Crippen LogP contribution in [0, 0.1) is 22.2 Å². The molecule has 0 aromatic heterocycles. The normalized spacial score (nSPS) is 41.7. The largest absolute Gasteiger partial charge is 0.497 e. The molecule has 5 nitrogen and oxygen atoms in total. The third-order valence-electron chi connectivity index (χ3n) is 9.43. The van der Waals surface area contributed by atoms with E-state index in [1.54, 1.807) is 20.3 Å². The Hall–Kier alpha value is -1.66. The van der Waals surface area contributed by atoms with Crippen molar-refractivity contribution in [2.24, 2.45) is 22.2 Å². The van der Waals surface area contributed by atoms with Gasteiger partial charge >= 0.3 is 0 Å². The lowest BCUT2D eigenvalue weighted by molar-refractivity contribution is -0.284. The van der Waals surface area contributed by atoms with Crippen LogP contribution in [0.4, 0.5) is 0 Å². The first-order chi connectivity index (χ1) is 15.6. The summed E-state index contributed by atoms with van der Waals surface area (Å²) in [5, 5.41) is 23.5. The van der Waals surface area contributed by atoms with Gasteiger partial charge in [0.2, 0.25) is 0 Å². The van der Waals surface area contributed by atoms with Gasteiger partial charge in [-0.1, -0.05) is 51.1 Å². The number of hydrogen-bond acceptors (Lipinski definition) is 5. The standard InChI is InChI=1S/C28H40O5/c1-7-28(30)26(4)16-14-23(33-18-19-10-12-20(31-5)13-11-19)25(2,3)21(26)17-24(32-6)27(28)15-8-9-22(27)29/h7-8,10-13,15,21-24,29-30H,1,9,14,16-18H2,2-6H3/t21-,22-,23+,24-,26-,27?,28+/m1/s1. The second-order valence-corrected chi connectivity index (χ2v) is 11.0. The van der Waals surface area contributed by atoms with E-state index < -0.39 is 22.5 Å². The van der Waals surface area contributed by atoms with E-state index in [0.29, 0.717) is 13.0 Å². The molecule has 0 bridgehead atoms. The second-order valence-electron chi connectivity index (χ2n) is 11.0. The van der Waals surface area contributed by atoms with Crippen molar-refractivity contribution in [2.75, 3.05) is 14.2 Å². The van der Waals surface area contributed by atoms with Crippen LogP contribution in [0.3, 0.4) is 0 Å². The minimum Gasteiger partial charge on any atom is -0.497 e. The van der Waals surface area contributed by atoms with E-state index in [9.17, 15) is 10.2 Å². The lowest BCUT2D eigenvalue weighted by Crippen LogP contribution is -2.74. The molecule has 1 aromatic rings. The van der Waals surface area contributed by atoms with E-state index in [4.69, 9.17) is 14.2 Å². The summed E-state index contributed by atoms with van der Waals surface area (Å²) in [5.41, 5.74) is -1.75. The highest BCUT2D eigenvalue weighted by atomic mass is 16.5. The Morgan fingerprint density at radius 3 is 2.36 bits per heavy atom. The molecular formula is C28H40O5. The molecule has 1 spiro atoms. The summed E-state index contributed by atoms with van der Waals surface area (Å²) < 4.78 is 17.8. The fourth-order valence-corrected chi connectivity index (χ4v) is 7.51. The van der Waals surface area contributed by atoms with Crippen LogP contribution in [0.25, 0.3) is 0 Å². The number of aliphatic hydroxyl groups excluding tert-OH is 1. The predicted octanol–water partition coefficient (Wildman–Crippen LogP) is 4.67. The van der Waals surface area contributed by atoms with Gasteiger partial charge in [-0.15, -0.1) is 6.58 Å². The van der Waals surface area contributed by atoms with E-state index >= 15 is 0 Å². The highest BCUT2D eigenvalue weighted by molar-refractivity contribution is 5.35. The number of fused-ring (bicyclic) bond motifs is 1. The maximum atomic E-state index is 12.4. The molecule has 5 heteroatoms. The van der Waals surface area contributed by atoms with Gasteiger partial charge in [0.1, 0.15) is 11.4 Å². The second kappa shape index (κ2) is 8.53. The summed E-state index contributed by atoms with van der Waals surface area (Å²) >= 11 is 0. The zero-order chi connectivity index (χ0) is 24.1. The minimum absolute atomic E-state index is 0.0438. The number of benzene rings is 1. The average Bonchev–Trinajstić information content (AvgIpc) is 3.19. The topological polar surface area (TPSA) is 68.2 Å². The predicted molar refractivity (Wildman–Crippen MR) is 129 cm³/mol. The van der Waals surface area contributed by atoms with Crippen molar-refractivity contribution in [3.8, 4) is 5.75 Å². The Bertz CT molecular complexity index is 892. The molecular weight excluding hydrogens is 416 g/mol. The molecule has 0 heterocycles. The Labute approximate surface area is 198 Å². The first kappa shape index (κ1) is 24.5. The van der Waals surface area contributed by atoms with Crippen molar-refractivity contribution in [2.45, 2.75) is 77.0 Å². The molecule has 2 N–H and O–H groups in total. The van der Waals surface area contributed by atoms with Crippen LogP contribution >= 0.6 is 0 Å². The van der Waals surface area contributed by atoms with Crippen LogP contribution < -0.4 is 4.74 Å². The molecule has 3 aliphatic rings. The first-order valence-corrected chi connectivity index (χ1v) is 12.1. The molecule has 4 rings (SSSR count). The summed E-state index contributed by atoms with van der Waals surface area (Å²) in [6.07, 6.45) is 7.57. The van der Waals surface area contributed by atoms with Crippen LogP contribution in [-0.4, -0.2) is 48.3 Å². The summed E-state index contributed by atoms with van der Waals surface area (Å²) in [6, 6.07) is 7.98. The molecule has 7 atom stereocenters. The fraction of sp³-hybridized carbons (Fsp3) is 0.643. The number of rotatable bonds is 6. The Morgan fingerprint density at radius 2 is 1.82 bits per heavy atom. The number of methoxy groups -OCH3 is 2. The average molecular weight is 457 g/mol. The molecule has 0 radical (unpaired) electrons. The van der Waals surface area contributed by atoms with E-state index in [2.05, 4.69) is 27.4 Å². The van der Waals surface area contributed by atoms with Crippen molar-refractivity contribution in [1.29, 1.82) is 0 Å². The molecule has 1 unspecified atom stereocenters. The monoisotopic (exact) mass is 456 g/mol. The number of hydrogen-bond donors (Lipinski definition) is 2. The van der Waals surface area contributed by atoms with Crippen molar-refractivity contribution >= 4 is 0 Å². The van der Waals surface area contributed by atoms with Gasteiger partial charge in [-0.25, -0.2) is 0 Å². The van der Waals surface area contributed by atoms with Crippen molar-refractivity contribution < 1.29 is 24.4 Å². The summed E-state index contributed by atoms with van der Waals surface area (Å²) in [7, 11) is 3.35. The third-order valence-corrected chi connectivity index (χ3v) is 9.43. The molecule has 0 amide bonds. The van der Waals surface area contributed by atoms with Gasteiger partial charge in [0.05, 0.1) is 37.4 Å². The van der Waals surface area contributed by atoms with Crippen LogP contribution in [0.2, 0.25) is 0 Å². The Morgan fingerprint density at radius 1 is 1.12 bits per heavy atom. The van der Waals surface area contributed by atoms with E-state index in [1.165, 1.54) is 0 Å². The third kappa shape index (κ3) is 3.35. The van der Waals surface area contributed by atoms with Crippen LogP contribution in [0.1, 0.15) is 52.0 Å². The molecule has 1 aromatic carbocycles. The zero-order valence-corrected chi connectivity index (χ0v) is 20.7. The quantitative estimate of drug-likeness (QED) is 0.609. The molecule has 33 heavy (non-hydrogen) atoms. The Kier molecular flexibility index (Phi) is 6.32. The SMILES string of the molecule is C=C[C@@]1(O)C2(C=CC[C@H]2O)[C@H](OC)C[C@@H]2C(C)(C)[C@@H](OCc3ccc(OC)cc3)CC[C@]21C. The smallest absolute Gasteiger partial charge is 0.118 e. The zero-order valence-electron chi connectivity index (χ0n) is 20.7. The summed E-state index contributed by atoms with van der Waals surface area (Å²) in [5.74, 6) is 0.959. The van der Waals surface area contributed by atoms with Crippen molar-refractivity contribution in [3.63, 3.8) is 0 Å². The van der Waals surface area contributed by atoms with Gasteiger partial charge in [0.25, 0.3) is 0 Å². The van der Waals surface area contributed by atoms with Gasteiger partial charge in [0, 0.05) is 12.5 Å². The summed E-state index contributed by atoms with van der Waals surface area (Å²) in [4.78, 5) is 0. The van der Waals surface area contributed by atoms with Crippen LogP contribution in [-0.2, 0) is 16.1 Å². The van der Waals surface area contributed by atoms with Crippen LogP contribution in [0.15, 0.2) is 49.1 Å². The van der Waals surface area contributed by atoms with Gasteiger partial charge < -0.3 is 24.4 Å². The Balaban J connectivity index is 1.64. The summed E-state index contributed by atoms with van der Waals surface area (Å²) in [6.45, 7) is 11.3. The molecule has 182 valence electrons. The highest BCUT2D eigenvalue weighted by Gasteiger charge is 2.73. The van der Waals surface area contributed by atoms with E-state index in [0.717, 1.165) is 30.6 Å². The van der Waals surface area contributed by atoms with Gasteiger partial charge in [-0.05, 0) is 54.7 Å². The molecule has 0 saturated heterocycles. The van der Waals surface area contributed by atoms with E-state index in [-0.39, 0.29) is 23.5 Å². The van der Waals surface area contributed by atoms with Gasteiger partial charge in [-0.3, -0.25) is 0 Å². The maximum absolute atomic E-state index is 12.4. The number of ether oxygens (including phenoxy) is 3. The van der Waals surface area contributed by atoms with Crippen LogP contribution in [0.5, 0.6) is 5.75 Å². The first-order valence-electron chi connectivity index (χ1n) is 12.1. The lowest BCUT2D eigenvalue weighted by atomic mass is 9.39. The van der Waals surface area contributed by atoms with Crippen molar-refractivity contribution in [1.82, 2.24) is 0 Å². The molecule has 0 aliphatic heterocycles. The molecule has 2 saturated carbocycles. The molecule has 2 fully saturated rings. The van der Waals surface area contributed by atoms with Gasteiger partial charge in [0.15, 0.2) is 0 Å². The minimum atomic E-state index is -1.30. The fourth-order valence-electron chi connectivity index (χ4n) is 7.51. The van der Waals surface area contributed by atoms with E-state index in [1.807, 2.05) is 36.4 Å². The van der Waals surface area contributed by atoms with Crippen molar-refractivity contribution in [3.05, 3.63) is 54.6 Å². The number of aliphatic hydroxyl groups is 2. The molecule has 3 aliphatic carbocycles. The van der Waals surface area contributed by atoms with Gasteiger partial charge in [-0.2, -0.15) is 0 Å².